The van der Waals surface area contributed by atoms with E-state index in [1.165, 1.54) is 10.6 Å². The van der Waals surface area contributed by atoms with Gasteiger partial charge in [-0.05, 0) is 37.5 Å². The number of hydrogen-bond donors (Lipinski definition) is 1. The van der Waals surface area contributed by atoms with Crippen molar-refractivity contribution in [2.75, 3.05) is 19.3 Å². The Morgan fingerprint density at radius 1 is 1.30 bits per heavy atom. The monoisotopic (exact) mass is 360 g/mol. The van der Waals surface area contributed by atoms with Crippen molar-refractivity contribution in [1.82, 2.24) is 9.62 Å². The zero-order chi connectivity index (χ0) is 17.5. The molecule has 0 heterocycles. The molecule has 0 saturated carbocycles. The number of benzene rings is 1. The van der Waals surface area contributed by atoms with Gasteiger partial charge in [0.1, 0.15) is 0 Å². The van der Waals surface area contributed by atoms with Crippen LogP contribution in [0.2, 0.25) is 5.02 Å². The summed E-state index contributed by atoms with van der Waals surface area (Å²) in [6, 6.07) is 7.36. The first-order valence-electron chi connectivity index (χ1n) is 7.72. The molecule has 0 aromatic heterocycles. The Labute approximate surface area is 144 Å². The van der Waals surface area contributed by atoms with Crippen LogP contribution in [0.15, 0.2) is 24.3 Å². The first-order chi connectivity index (χ1) is 10.7. The fourth-order valence-corrected chi connectivity index (χ4v) is 3.57. The van der Waals surface area contributed by atoms with E-state index < -0.39 is 10.0 Å². The van der Waals surface area contributed by atoms with Gasteiger partial charge in [0.05, 0.1) is 6.26 Å². The van der Waals surface area contributed by atoms with Crippen LogP contribution in [0.4, 0.5) is 0 Å². The highest BCUT2D eigenvalue weighted by Gasteiger charge is 2.22. The first-order valence-corrected chi connectivity index (χ1v) is 9.94. The Balaban J connectivity index is 2.39. The highest BCUT2D eigenvalue weighted by Crippen LogP contribution is 2.10. The maximum absolute atomic E-state index is 11.9. The number of amides is 1. The predicted octanol–water partition coefficient (Wildman–Crippen LogP) is 2.45. The number of rotatable bonds is 9. The lowest BCUT2D eigenvalue weighted by Crippen LogP contribution is -2.40. The van der Waals surface area contributed by atoms with Crippen molar-refractivity contribution in [3.8, 4) is 0 Å². The normalized spacial score (nSPS) is 13.1. The molecule has 0 spiro atoms. The largest absolute Gasteiger partial charge is 0.356 e. The Hall–Kier alpha value is -1.11. The Kier molecular flexibility index (Phi) is 8.02. The van der Waals surface area contributed by atoms with Gasteiger partial charge in [-0.3, -0.25) is 4.79 Å². The maximum atomic E-state index is 11.9. The second kappa shape index (κ2) is 9.25. The molecule has 0 aliphatic rings. The highest BCUT2D eigenvalue weighted by atomic mass is 35.5. The van der Waals surface area contributed by atoms with Crippen LogP contribution in [0.1, 0.15) is 32.3 Å². The maximum Gasteiger partial charge on any atom is 0.221 e. The van der Waals surface area contributed by atoms with Crippen LogP contribution >= 0.6 is 11.6 Å². The number of hydrogen-bond acceptors (Lipinski definition) is 3. The van der Waals surface area contributed by atoms with Crippen molar-refractivity contribution < 1.29 is 13.2 Å². The molecule has 23 heavy (non-hydrogen) atoms. The van der Waals surface area contributed by atoms with Crippen molar-refractivity contribution in [2.24, 2.45) is 0 Å². The van der Waals surface area contributed by atoms with Crippen LogP contribution < -0.4 is 5.32 Å². The van der Waals surface area contributed by atoms with E-state index in [1.807, 2.05) is 38.1 Å². The smallest absolute Gasteiger partial charge is 0.221 e. The minimum Gasteiger partial charge on any atom is -0.356 e. The molecule has 0 saturated heterocycles. The molecule has 0 fully saturated rings. The van der Waals surface area contributed by atoms with Crippen LogP contribution in [0.5, 0.6) is 0 Å². The van der Waals surface area contributed by atoms with E-state index in [9.17, 15) is 13.2 Å². The molecule has 130 valence electrons. The van der Waals surface area contributed by atoms with Gasteiger partial charge in [-0.2, -0.15) is 4.31 Å². The van der Waals surface area contributed by atoms with Crippen molar-refractivity contribution >= 4 is 27.5 Å². The Morgan fingerprint density at radius 3 is 2.43 bits per heavy atom. The number of carbonyl (C=O) groups excluding carboxylic acids is 1. The summed E-state index contributed by atoms with van der Waals surface area (Å²) in [6.45, 7) is 4.50. The summed E-state index contributed by atoms with van der Waals surface area (Å²) in [5, 5.41) is 3.50. The molecular formula is C16H25ClN2O3S. The second-order valence-corrected chi connectivity index (χ2v) is 7.98. The zero-order valence-corrected chi connectivity index (χ0v) is 15.5. The van der Waals surface area contributed by atoms with Crippen LogP contribution in [-0.4, -0.2) is 44.0 Å². The molecule has 0 radical (unpaired) electrons. The van der Waals surface area contributed by atoms with Gasteiger partial charge in [0.25, 0.3) is 0 Å². The summed E-state index contributed by atoms with van der Waals surface area (Å²) in [5.41, 5.74) is 1.09. The molecule has 1 amide bonds. The average Bonchev–Trinajstić information content (AvgIpc) is 2.47. The summed E-state index contributed by atoms with van der Waals surface area (Å²) in [6.07, 6.45) is 2.77. The third kappa shape index (κ3) is 7.33. The molecule has 0 aliphatic heterocycles. The van der Waals surface area contributed by atoms with Gasteiger partial charge in [0.15, 0.2) is 0 Å². The number of halogens is 1. The molecular weight excluding hydrogens is 336 g/mol. The zero-order valence-electron chi connectivity index (χ0n) is 13.9. The molecule has 1 aromatic rings. The summed E-state index contributed by atoms with van der Waals surface area (Å²) >= 11 is 5.82. The Bertz CT molecular complexity index is 602. The van der Waals surface area contributed by atoms with Crippen molar-refractivity contribution in [3.63, 3.8) is 0 Å². The van der Waals surface area contributed by atoms with Gasteiger partial charge in [-0.15, -0.1) is 0 Å². The lowest BCUT2D eigenvalue weighted by atomic mass is 10.1. The molecule has 1 aromatic carbocycles. The molecule has 0 bridgehead atoms. The summed E-state index contributed by atoms with van der Waals surface area (Å²) < 4.78 is 24.9. The van der Waals surface area contributed by atoms with E-state index >= 15 is 0 Å². The average molecular weight is 361 g/mol. The third-order valence-electron chi connectivity index (χ3n) is 3.72. The van der Waals surface area contributed by atoms with Crippen molar-refractivity contribution in [2.45, 2.75) is 39.2 Å². The van der Waals surface area contributed by atoms with Gasteiger partial charge in [-0.1, -0.05) is 30.7 Å². The summed E-state index contributed by atoms with van der Waals surface area (Å²) in [7, 11) is -3.30. The molecule has 1 N–H and O–H groups in total. The van der Waals surface area contributed by atoms with Gasteiger partial charge < -0.3 is 5.32 Å². The van der Waals surface area contributed by atoms with Gasteiger partial charge in [-0.25, -0.2) is 8.42 Å². The first kappa shape index (κ1) is 19.9. The minimum atomic E-state index is -3.30. The van der Waals surface area contributed by atoms with E-state index in [-0.39, 0.29) is 24.9 Å². The van der Waals surface area contributed by atoms with Gasteiger partial charge in [0, 0.05) is 30.6 Å². The van der Waals surface area contributed by atoms with Gasteiger partial charge >= 0.3 is 0 Å². The van der Waals surface area contributed by atoms with E-state index in [2.05, 4.69) is 5.32 Å². The second-order valence-electron chi connectivity index (χ2n) is 5.61. The lowest BCUT2D eigenvalue weighted by Gasteiger charge is -2.25. The quantitative estimate of drug-likeness (QED) is 0.735. The fourth-order valence-electron chi connectivity index (χ4n) is 2.21. The molecule has 1 atom stereocenters. The molecule has 0 aliphatic carbocycles. The molecule has 1 rings (SSSR count). The predicted molar refractivity (Wildman–Crippen MR) is 94.1 cm³/mol. The topological polar surface area (TPSA) is 66.5 Å². The van der Waals surface area contributed by atoms with Crippen LogP contribution in [0.25, 0.3) is 0 Å². The van der Waals surface area contributed by atoms with Crippen LogP contribution in [-0.2, 0) is 21.2 Å². The van der Waals surface area contributed by atoms with Crippen LogP contribution in [0.3, 0.4) is 0 Å². The summed E-state index contributed by atoms with van der Waals surface area (Å²) in [4.78, 5) is 11.9. The number of carbonyl (C=O) groups is 1. The Morgan fingerprint density at radius 2 is 1.91 bits per heavy atom. The minimum absolute atomic E-state index is 0.105. The fraction of sp³-hybridized carbons (Fsp3) is 0.562. The van der Waals surface area contributed by atoms with E-state index in [1.54, 1.807) is 0 Å². The van der Waals surface area contributed by atoms with Crippen LogP contribution in [0, 0.1) is 0 Å². The van der Waals surface area contributed by atoms with Gasteiger partial charge in [0.2, 0.25) is 15.9 Å². The molecule has 1 unspecified atom stereocenters. The lowest BCUT2D eigenvalue weighted by molar-refractivity contribution is -0.121. The van der Waals surface area contributed by atoms with E-state index in [0.717, 1.165) is 5.56 Å². The van der Waals surface area contributed by atoms with E-state index in [4.69, 9.17) is 11.6 Å². The van der Waals surface area contributed by atoms with Crippen molar-refractivity contribution in [1.29, 1.82) is 0 Å². The number of sulfonamides is 1. The number of nitrogens with zero attached hydrogens (tertiary/aromatic N) is 1. The third-order valence-corrected chi connectivity index (χ3v) is 5.36. The summed E-state index contributed by atoms with van der Waals surface area (Å²) in [5.74, 6) is -0.143. The SMILES string of the molecule is CCC(C)N(CCC(=O)NCCc1ccc(Cl)cc1)S(C)(=O)=O. The van der Waals surface area contributed by atoms with Crippen molar-refractivity contribution in [3.05, 3.63) is 34.9 Å². The standard InChI is InChI=1S/C16H25ClN2O3S/c1-4-13(2)19(23(3,21)22)12-10-16(20)18-11-9-14-5-7-15(17)8-6-14/h5-8,13H,4,9-12H2,1-3H3,(H,18,20). The molecule has 5 nitrogen and oxygen atoms in total. The van der Waals surface area contributed by atoms with E-state index in [0.29, 0.717) is 24.4 Å². The molecule has 7 heteroatoms. The number of nitrogens with one attached hydrogen (secondary N) is 1. The highest BCUT2D eigenvalue weighted by molar-refractivity contribution is 7.88.